The van der Waals surface area contributed by atoms with E-state index in [9.17, 15) is 0 Å². The van der Waals surface area contributed by atoms with Crippen LogP contribution in [0.3, 0.4) is 0 Å². The van der Waals surface area contributed by atoms with Crippen molar-refractivity contribution in [1.82, 2.24) is 19.2 Å². The summed E-state index contributed by atoms with van der Waals surface area (Å²) in [7, 11) is 0. The highest BCUT2D eigenvalue weighted by Gasteiger charge is 2.26. The van der Waals surface area contributed by atoms with Crippen LogP contribution >= 0.6 is 0 Å². The highest BCUT2D eigenvalue weighted by atomic mass is 15.2. The van der Waals surface area contributed by atoms with E-state index in [1.807, 2.05) is 6.07 Å². The first-order chi connectivity index (χ1) is 22.9. The Hall–Kier alpha value is -6.26. The molecule has 0 bridgehead atoms. The molecule has 7 aromatic carbocycles. The fourth-order valence-corrected chi connectivity index (χ4v) is 8.06. The average Bonchev–Trinajstić information content (AvgIpc) is 3.76. The third-order valence-electron chi connectivity index (χ3n) is 9.91. The van der Waals surface area contributed by atoms with E-state index in [4.69, 9.17) is 10.2 Å². The summed E-state index contributed by atoms with van der Waals surface area (Å²) >= 11 is 0. The minimum absolute atomic E-state index is 0.841. The van der Waals surface area contributed by atoms with Crippen LogP contribution in [-0.2, 0) is 0 Å². The van der Waals surface area contributed by atoms with Crippen LogP contribution in [0.15, 0.2) is 146 Å². The number of fused-ring (bicyclic) bond motifs is 13. The zero-order chi connectivity index (χ0) is 29.9. The Morgan fingerprint density at radius 2 is 1.04 bits per heavy atom. The SMILES string of the molecule is c1ccc(-c2nnc(-n3c4ccc5ccccc5c4c4cc5c6ccccc6n6c7ccccc7c(c43)c56)c3ccccc23)cc1. The topological polar surface area (TPSA) is 35.1 Å². The molecule has 0 amide bonds. The quantitative estimate of drug-likeness (QED) is 0.203. The summed E-state index contributed by atoms with van der Waals surface area (Å²) in [4.78, 5) is 0. The van der Waals surface area contributed by atoms with E-state index < -0.39 is 0 Å². The van der Waals surface area contributed by atoms with Crippen molar-refractivity contribution in [2.75, 3.05) is 0 Å². The molecule has 212 valence electrons. The summed E-state index contributed by atoms with van der Waals surface area (Å²) in [6.07, 6.45) is 0. The second-order valence-electron chi connectivity index (χ2n) is 12.2. The van der Waals surface area contributed by atoms with E-state index in [1.54, 1.807) is 0 Å². The van der Waals surface area contributed by atoms with Crippen molar-refractivity contribution in [3.05, 3.63) is 146 Å². The van der Waals surface area contributed by atoms with Crippen LogP contribution < -0.4 is 0 Å². The third kappa shape index (κ3) is 2.94. The molecule has 0 N–H and O–H groups in total. The molecular weight excluding hydrogens is 560 g/mol. The highest BCUT2D eigenvalue weighted by Crippen LogP contribution is 2.48. The summed E-state index contributed by atoms with van der Waals surface area (Å²) in [5.74, 6) is 0.841. The van der Waals surface area contributed by atoms with E-state index >= 15 is 0 Å². The molecule has 11 aromatic rings. The second kappa shape index (κ2) is 8.68. The summed E-state index contributed by atoms with van der Waals surface area (Å²) in [5, 5.41) is 22.2. The number of hydrogen-bond acceptors (Lipinski definition) is 2. The lowest BCUT2D eigenvalue weighted by Crippen LogP contribution is -2.02. The van der Waals surface area contributed by atoms with Crippen LogP contribution in [0.2, 0.25) is 0 Å². The van der Waals surface area contributed by atoms with E-state index in [2.05, 4.69) is 148 Å². The number of benzene rings is 7. The van der Waals surface area contributed by atoms with Crippen LogP contribution in [-0.4, -0.2) is 19.2 Å². The fraction of sp³-hybridized carbons (Fsp3) is 0. The van der Waals surface area contributed by atoms with Gasteiger partial charge < -0.3 is 4.40 Å². The summed E-state index contributed by atoms with van der Waals surface area (Å²) in [5.41, 5.74) is 7.95. The van der Waals surface area contributed by atoms with Crippen molar-refractivity contribution in [3.8, 4) is 17.1 Å². The summed E-state index contributed by atoms with van der Waals surface area (Å²) in [6.45, 7) is 0. The van der Waals surface area contributed by atoms with Crippen LogP contribution in [0.5, 0.6) is 0 Å². The Morgan fingerprint density at radius 1 is 0.391 bits per heavy atom. The van der Waals surface area contributed by atoms with E-state index in [-0.39, 0.29) is 0 Å². The number of nitrogens with zero attached hydrogens (tertiary/aromatic N) is 4. The first-order valence-electron chi connectivity index (χ1n) is 15.7. The van der Waals surface area contributed by atoms with Gasteiger partial charge >= 0.3 is 0 Å². The molecule has 0 unspecified atom stereocenters. The molecule has 0 radical (unpaired) electrons. The highest BCUT2D eigenvalue weighted by molar-refractivity contribution is 6.36. The Kier molecular flexibility index (Phi) is 4.55. The second-order valence-corrected chi connectivity index (χ2v) is 12.2. The first kappa shape index (κ1) is 24.1. The normalized spacial score (nSPS) is 12.3. The van der Waals surface area contributed by atoms with Gasteiger partial charge in [-0.3, -0.25) is 4.57 Å². The van der Waals surface area contributed by atoms with Gasteiger partial charge in [-0.1, -0.05) is 121 Å². The lowest BCUT2D eigenvalue weighted by atomic mass is 10.0. The molecule has 4 aromatic heterocycles. The average molecular weight is 585 g/mol. The number of para-hydroxylation sites is 2. The van der Waals surface area contributed by atoms with Crippen molar-refractivity contribution >= 4 is 81.4 Å². The zero-order valence-electron chi connectivity index (χ0n) is 24.6. The minimum atomic E-state index is 0.841. The molecule has 4 heterocycles. The Morgan fingerprint density at radius 3 is 1.87 bits per heavy atom. The maximum Gasteiger partial charge on any atom is 0.168 e. The molecule has 4 nitrogen and oxygen atoms in total. The standard InChI is InChI=1S/C42H24N4/c1-2-13-26(14-3-1)39-29-17-6-7-18-30(29)42(44-43-39)46-36-23-22-25-12-4-5-15-27(25)37(36)33-24-32-28-16-8-10-20-34(28)45-35-21-11-9-19-31(35)38(40(32)45)41(33)46/h1-24H. The van der Waals surface area contributed by atoms with Crippen molar-refractivity contribution < 1.29 is 0 Å². The predicted molar refractivity (Wildman–Crippen MR) is 191 cm³/mol. The van der Waals surface area contributed by atoms with Gasteiger partial charge in [-0.05, 0) is 35.0 Å². The molecule has 0 aliphatic heterocycles. The van der Waals surface area contributed by atoms with Gasteiger partial charge in [0.25, 0.3) is 0 Å². The Labute approximate surface area is 262 Å². The maximum atomic E-state index is 5.08. The van der Waals surface area contributed by atoms with Gasteiger partial charge in [0, 0.05) is 48.7 Å². The van der Waals surface area contributed by atoms with E-state index in [0.717, 1.165) is 33.4 Å². The van der Waals surface area contributed by atoms with Crippen LogP contribution in [0.1, 0.15) is 0 Å². The smallest absolute Gasteiger partial charge is 0.168 e. The van der Waals surface area contributed by atoms with E-state index in [0.29, 0.717) is 0 Å². The van der Waals surface area contributed by atoms with Gasteiger partial charge in [0.1, 0.15) is 5.69 Å². The van der Waals surface area contributed by atoms with Gasteiger partial charge in [0.2, 0.25) is 0 Å². The van der Waals surface area contributed by atoms with Crippen molar-refractivity contribution in [3.63, 3.8) is 0 Å². The van der Waals surface area contributed by atoms with E-state index in [1.165, 1.54) is 65.2 Å². The molecule has 0 atom stereocenters. The number of hydrogen-bond donors (Lipinski definition) is 0. The minimum Gasteiger partial charge on any atom is -0.308 e. The lowest BCUT2D eigenvalue weighted by molar-refractivity contribution is 0.978. The zero-order valence-corrected chi connectivity index (χ0v) is 24.6. The number of aromatic nitrogens is 4. The maximum absolute atomic E-state index is 5.08. The van der Waals surface area contributed by atoms with Gasteiger partial charge in [0.15, 0.2) is 5.82 Å². The molecular formula is C42H24N4. The fourth-order valence-electron chi connectivity index (χ4n) is 8.06. The Balaban J connectivity index is 1.43. The molecule has 0 saturated carbocycles. The van der Waals surface area contributed by atoms with Crippen molar-refractivity contribution in [2.24, 2.45) is 0 Å². The lowest BCUT2D eigenvalue weighted by Gasteiger charge is -2.13. The molecule has 11 rings (SSSR count). The monoisotopic (exact) mass is 584 g/mol. The Bertz CT molecular complexity index is 3020. The molecule has 0 saturated heterocycles. The third-order valence-corrected chi connectivity index (χ3v) is 9.91. The molecule has 0 fully saturated rings. The van der Waals surface area contributed by atoms with Crippen LogP contribution in [0, 0.1) is 0 Å². The van der Waals surface area contributed by atoms with Gasteiger partial charge in [-0.15, -0.1) is 10.2 Å². The molecule has 0 spiro atoms. The van der Waals surface area contributed by atoms with Crippen LogP contribution in [0.25, 0.3) is 98.5 Å². The number of rotatable bonds is 2. The molecule has 4 heteroatoms. The van der Waals surface area contributed by atoms with Crippen LogP contribution in [0.4, 0.5) is 0 Å². The molecule has 0 aliphatic rings. The molecule has 46 heavy (non-hydrogen) atoms. The largest absolute Gasteiger partial charge is 0.308 e. The first-order valence-corrected chi connectivity index (χ1v) is 15.7. The van der Waals surface area contributed by atoms with Gasteiger partial charge in [-0.2, -0.15) is 0 Å². The van der Waals surface area contributed by atoms with Gasteiger partial charge in [-0.25, -0.2) is 0 Å². The summed E-state index contributed by atoms with van der Waals surface area (Å²) in [6, 6.07) is 52.2. The van der Waals surface area contributed by atoms with Crippen molar-refractivity contribution in [2.45, 2.75) is 0 Å². The van der Waals surface area contributed by atoms with Gasteiger partial charge in [0.05, 0.1) is 27.6 Å². The van der Waals surface area contributed by atoms with Crippen molar-refractivity contribution in [1.29, 1.82) is 0 Å². The summed E-state index contributed by atoms with van der Waals surface area (Å²) < 4.78 is 4.84. The molecule has 0 aliphatic carbocycles. The predicted octanol–water partition coefficient (Wildman–Crippen LogP) is 10.7.